The minimum atomic E-state index is -0.683. The highest BCUT2D eigenvalue weighted by molar-refractivity contribution is 5.67. The van der Waals surface area contributed by atoms with E-state index in [0.717, 1.165) is 68.1 Å². The summed E-state index contributed by atoms with van der Waals surface area (Å²) in [4.78, 5) is 0. The zero-order valence-corrected chi connectivity index (χ0v) is 22.1. The first kappa shape index (κ1) is 26.8. The molecule has 4 rings (SSSR count). The van der Waals surface area contributed by atoms with E-state index in [1.165, 1.54) is 18.9 Å². The Bertz CT molecular complexity index is 1040. The Morgan fingerprint density at radius 1 is 0.889 bits per heavy atom. The van der Waals surface area contributed by atoms with Gasteiger partial charge in [0, 0.05) is 11.6 Å². The number of halogens is 3. The fraction of sp³-hybridized carbons (Fsp3) is 0.562. The Kier molecular flexibility index (Phi) is 9.19. The van der Waals surface area contributed by atoms with Gasteiger partial charge in [-0.25, -0.2) is 13.2 Å². The predicted molar refractivity (Wildman–Crippen MR) is 142 cm³/mol. The van der Waals surface area contributed by atoms with Crippen LogP contribution in [0.5, 0.6) is 5.75 Å². The van der Waals surface area contributed by atoms with E-state index in [1.54, 1.807) is 12.1 Å². The molecule has 0 aliphatic heterocycles. The molecule has 0 heterocycles. The third-order valence-corrected chi connectivity index (χ3v) is 8.42. The lowest BCUT2D eigenvalue weighted by molar-refractivity contribution is 0.303. The molecule has 0 radical (unpaired) electrons. The number of rotatable bonds is 9. The van der Waals surface area contributed by atoms with Crippen LogP contribution in [0.25, 0.3) is 5.57 Å². The molecule has 0 aromatic heterocycles. The molecule has 0 amide bonds. The molecule has 0 spiro atoms. The predicted octanol–water partition coefficient (Wildman–Crippen LogP) is 9.70. The summed E-state index contributed by atoms with van der Waals surface area (Å²) in [6.07, 6.45) is 12.6. The summed E-state index contributed by atoms with van der Waals surface area (Å²) in [6, 6.07) is 7.01. The lowest BCUT2D eigenvalue weighted by atomic mass is 9.75. The first-order valence-corrected chi connectivity index (χ1v) is 14.0. The van der Waals surface area contributed by atoms with Crippen LogP contribution in [0, 0.1) is 36.2 Å². The fourth-order valence-corrected chi connectivity index (χ4v) is 6.42. The number of ether oxygens (including phenoxy) is 1. The van der Waals surface area contributed by atoms with E-state index in [0.29, 0.717) is 41.7 Å². The number of hydrogen-bond acceptors (Lipinski definition) is 1. The summed E-state index contributed by atoms with van der Waals surface area (Å²) >= 11 is 0. The summed E-state index contributed by atoms with van der Waals surface area (Å²) in [5, 5.41) is 0. The molecule has 1 fully saturated rings. The van der Waals surface area contributed by atoms with Crippen LogP contribution in [-0.4, -0.2) is 6.61 Å². The van der Waals surface area contributed by atoms with Crippen molar-refractivity contribution in [2.75, 3.05) is 6.61 Å². The van der Waals surface area contributed by atoms with Crippen molar-refractivity contribution in [2.24, 2.45) is 11.8 Å². The van der Waals surface area contributed by atoms with E-state index in [1.807, 2.05) is 19.9 Å². The first-order chi connectivity index (χ1) is 17.4. The van der Waals surface area contributed by atoms with Crippen molar-refractivity contribution in [3.8, 4) is 5.75 Å². The van der Waals surface area contributed by atoms with Crippen molar-refractivity contribution >= 4 is 5.57 Å². The average Bonchev–Trinajstić information content (AvgIpc) is 2.86. The summed E-state index contributed by atoms with van der Waals surface area (Å²) < 4.78 is 50.3. The molecule has 0 bridgehead atoms. The van der Waals surface area contributed by atoms with E-state index in [-0.39, 0.29) is 11.7 Å². The molecule has 4 heteroatoms. The summed E-state index contributed by atoms with van der Waals surface area (Å²) in [5.74, 6) is 0.412. The van der Waals surface area contributed by atoms with Crippen molar-refractivity contribution < 1.29 is 17.9 Å². The maximum atomic E-state index is 15.0. The fourth-order valence-electron chi connectivity index (χ4n) is 6.42. The molecular weight excluding hydrogens is 457 g/mol. The highest BCUT2D eigenvalue weighted by Gasteiger charge is 2.27. The summed E-state index contributed by atoms with van der Waals surface area (Å²) in [5.41, 5.74) is 3.65. The van der Waals surface area contributed by atoms with Gasteiger partial charge in [-0.15, -0.1) is 0 Å². The van der Waals surface area contributed by atoms with Gasteiger partial charge in [0.25, 0.3) is 0 Å². The van der Waals surface area contributed by atoms with E-state index >= 15 is 0 Å². The van der Waals surface area contributed by atoms with Gasteiger partial charge in [-0.05, 0) is 118 Å². The van der Waals surface area contributed by atoms with Gasteiger partial charge in [0.15, 0.2) is 11.6 Å². The third-order valence-electron chi connectivity index (χ3n) is 8.42. The van der Waals surface area contributed by atoms with Crippen LogP contribution in [0.2, 0.25) is 0 Å². The molecule has 196 valence electrons. The van der Waals surface area contributed by atoms with Gasteiger partial charge in [0.1, 0.15) is 11.6 Å². The summed E-state index contributed by atoms with van der Waals surface area (Å²) in [7, 11) is 0. The maximum absolute atomic E-state index is 15.0. The van der Waals surface area contributed by atoms with Gasteiger partial charge < -0.3 is 4.74 Å². The van der Waals surface area contributed by atoms with Gasteiger partial charge in [-0.1, -0.05) is 38.0 Å². The standard InChI is InChI=1S/C32H41F3O/c1-4-6-22-7-12-24(13-8-22)28-18-17-26(31(34)32(28)35)16-11-23-9-14-25(15-10-23)30-21(3)19-27(36-5-2)20-29(30)33/h12,17-20,22-23,25H,4-11,13-16H2,1-3H3. The molecule has 1 saturated carbocycles. The van der Waals surface area contributed by atoms with Crippen molar-refractivity contribution in [3.05, 3.63) is 70.0 Å². The van der Waals surface area contributed by atoms with Crippen LogP contribution in [0.4, 0.5) is 13.2 Å². The minimum absolute atomic E-state index is 0.173. The van der Waals surface area contributed by atoms with Gasteiger partial charge in [-0.2, -0.15) is 0 Å². The number of aryl methyl sites for hydroxylation is 2. The van der Waals surface area contributed by atoms with Crippen molar-refractivity contribution in [1.29, 1.82) is 0 Å². The Morgan fingerprint density at radius 3 is 2.31 bits per heavy atom. The molecule has 2 aliphatic rings. The lowest BCUT2D eigenvalue weighted by Crippen LogP contribution is -2.16. The van der Waals surface area contributed by atoms with Crippen molar-refractivity contribution in [2.45, 2.75) is 97.3 Å². The topological polar surface area (TPSA) is 9.23 Å². The van der Waals surface area contributed by atoms with Crippen LogP contribution < -0.4 is 4.74 Å². The zero-order valence-electron chi connectivity index (χ0n) is 22.1. The van der Waals surface area contributed by atoms with Gasteiger partial charge in [0.2, 0.25) is 0 Å². The third kappa shape index (κ3) is 6.18. The summed E-state index contributed by atoms with van der Waals surface area (Å²) in [6.45, 7) is 6.57. The van der Waals surface area contributed by atoms with E-state index < -0.39 is 11.6 Å². The second-order valence-electron chi connectivity index (χ2n) is 10.9. The van der Waals surface area contributed by atoms with Crippen LogP contribution in [-0.2, 0) is 6.42 Å². The van der Waals surface area contributed by atoms with Crippen LogP contribution in [0.1, 0.15) is 106 Å². The maximum Gasteiger partial charge on any atom is 0.166 e. The van der Waals surface area contributed by atoms with Crippen molar-refractivity contribution in [3.63, 3.8) is 0 Å². The van der Waals surface area contributed by atoms with Crippen LogP contribution >= 0.6 is 0 Å². The second-order valence-corrected chi connectivity index (χ2v) is 10.9. The highest BCUT2D eigenvalue weighted by atomic mass is 19.2. The Balaban J connectivity index is 1.33. The average molecular weight is 499 g/mol. The second kappa shape index (κ2) is 12.3. The zero-order chi connectivity index (χ0) is 25.7. The largest absolute Gasteiger partial charge is 0.494 e. The van der Waals surface area contributed by atoms with Crippen LogP contribution in [0.15, 0.2) is 30.3 Å². The monoisotopic (exact) mass is 498 g/mol. The van der Waals surface area contributed by atoms with Crippen LogP contribution in [0.3, 0.4) is 0 Å². The number of allylic oxidation sites excluding steroid dienone is 2. The molecule has 36 heavy (non-hydrogen) atoms. The first-order valence-electron chi connectivity index (χ1n) is 14.0. The lowest BCUT2D eigenvalue weighted by Gasteiger charge is -2.30. The number of benzene rings is 2. The SMILES string of the molecule is CCCC1CC=C(c2ccc(CCC3CCC(c4c(C)cc(OCC)cc4F)CC3)c(F)c2F)CC1. The Morgan fingerprint density at radius 2 is 1.67 bits per heavy atom. The molecule has 1 unspecified atom stereocenters. The number of hydrogen-bond donors (Lipinski definition) is 0. The Hall–Kier alpha value is -2.23. The smallest absolute Gasteiger partial charge is 0.166 e. The van der Waals surface area contributed by atoms with Gasteiger partial charge in [0.05, 0.1) is 6.61 Å². The van der Waals surface area contributed by atoms with E-state index in [9.17, 15) is 13.2 Å². The molecule has 2 aromatic carbocycles. The van der Waals surface area contributed by atoms with Crippen molar-refractivity contribution in [1.82, 2.24) is 0 Å². The molecule has 0 saturated heterocycles. The van der Waals surface area contributed by atoms with E-state index in [2.05, 4.69) is 13.0 Å². The van der Waals surface area contributed by atoms with Gasteiger partial charge >= 0.3 is 0 Å². The highest BCUT2D eigenvalue weighted by Crippen LogP contribution is 2.41. The normalized spacial score (nSPS) is 22.4. The molecule has 0 N–H and O–H groups in total. The molecular formula is C32H41F3O. The minimum Gasteiger partial charge on any atom is -0.494 e. The van der Waals surface area contributed by atoms with E-state index in [4.69, 9.17) is 4.74 Å². The molecule has 1 atom stereocenters. The Labute approximate surface area is 215 Å². The molecule has 2 aliphatic carbocycles. The van der Waals surface area contributed by atoms with Gasteiger partial charge in [-0.3, -0.25) is 0 Å². The quantitative estimate of drug-likeness (QED) is 0.334. The molecule has 1 nitrogen and oxygen atoms in total. The molecule has 2 aromatic rings.